The number of fused-ring (bicyclic) bond motifs is 2. The van der Waals surface area contributed by atoms with Crippen LogP contribution in [0.2, 0.25) is 0 Å². The largest absolute Gasteiger partial charge is 0.504 e. The van der Waals surface area contributed by atoms with Crippen LogP contribution in [0.15, 0.2) is 18.5 Å². The highest BCUT2D eigenvalue weighted by Crippen LogP contribution is 2.46. The fourth-order valence-electron chi connectivity index (χ4n) is 4.72. The van der Waals surface area contributed by atoms with E-state index in [1.165, 1.54) is 6.42 Å². The van der Waals surface area contributed by atoms with Gasteiger partial charge in [-0.25, -0.2) is 4.98 Å². The molecule has 1 aromatic carbocycles. The zero-order valence-electron chi connectivity index (χ0n) is 17.4. The lowest BCUT2D eigenvalue weighted by Crippen LogP contribution is -2.33. The van der Waals surface area contributed by atoms with E-state index < -0.39 is 0 Å². The number of aromatic hydroxyl groups is 1. The summed E-state index contributed by atoms with van der Waals surface area (Å²) in [5, 5.41) is 19.9. The van der Waals surface area contributed by atoms with Crippen molar-refractivity contribution in [2.75, 3.05) is 20.1 Å². The van der Waals surface area contributed by atoms with Gasteiger partial charge in [-0.2, -0.15) is 0 Å². The highest BCUT2D eigenvalue weighted by molar-refractivity contribution is 5.84. The standard InChI is InChI=1S/C22H27N5O2/c1-13-17(16-8-7-14-10-22(2,3)29-20(14)19(16)28)24-25-21-18(13)23-12-27(21)15-6-5-9-26(4)11-15/h7-8,12,15,28H,5-6,9-11H2,1-4H3/t15-/m1/s1. The summed E-state index contributed by atoms with van der Waals surface area (Å²) in [4.78, 5) is 7.00. The van der Waals surface area contributed by atoms with Gasteiger partial charge in [-0.05, 0) is 53.3 Å². The van der Waals surface area contributed by atoms with E-state index in [4.69, 9.17) is 4.74 Å². The van der Waals surface area contributed by atoms with E-state index in [0.717, 1.165) is 48.2 Å². The summed E-state index contributed by atoms with van der Waals surface area (Å²) in [7, 11) is 2.15. The first-order valence-electron chi connectivity index (χ1n) is 10.3. The van der Waals surface area contributed by atoms with Crippen molar-refractivity contribution < 1.29 is 9.84 Å². The monoisotopic (exact) mass is 393 g/mol. The van der Waals surface area contributed by atoms with E-state index in [0.29, 0.717) is 23.0 Å². The maximum Gasteiger partial charge on any atom is 0.183 e. The number of aryl methyl sites for hydroxylation is 1. The van der Waals surface area contributed by atoms with Crippen molar-refractivity contribution in [3.63, 3.8) is 0 Å². The molecular weight excluding hydrogens is 366 g/mol. The van der Waals surface area contributed by atoms with E-state index in [-0.39, 0.29) is 11.4 Å². The Balaban J connectivity index is 1.57. The smallest absolute Gasteiger partial charge is 0.183 e. The van der Waals surface area contributed by atoms with Gasteiger partial charge in [0.25, 0.3) is 0 Å². The van der Waals surface area contributed by atoms with Gasteiger partial charge in [0.2, 0.25) is 0 Å². The number of nitrogens with zero attached hydrogens (tertiary/aromatic N) is 5. The van der Waals surface area contributed by atoms with Crippen LogP contribution < -0.4 is 4.74 Å². The molecule has 2 aliphatic heterocycles. The molecule has 7 nitrogen and oxygen atoms in total. The summed E-state index contributed by atoms with van der Waals surface area (Å²) in [5.41, 5.74) is 4.57. The second-order valence-corrected chi connectivity index (χ2v) is 9.04. The molecule has 3 aromatic rings. The first-order valence-corrected chi connectivity index (χ1v) is 10.3. The van der Waals surface area contributed by atoms with Gasteiger partial charge in [-0.3, -0.25) is 0 Å². The van der Waals surface area contributed by atoms with Gasteiger partial charge in [0.15, 0.2) is 17.1 Å². The molecule has 152 valence electrons. The second-order valence-electron chi connectivity index (χ2n) is 9.04. The SMILES string of the molecule is Cc1c(-c2ccc3c(c2O)OC(C)(C)C3)nnc2c1ncn2[C@@H]1CCCN(C)C1. The normalized spacial score (nSPS) is 21.3. The number of likely N-dealkylation sites (N-methyl/N-ethyl adjacent to an activating group) is 1. The number of piperidine rings is 1. The number of imidazole rings is 1. The lowest BCUT2D eigenvalue weighted by Gasteiger charge is -2.30. The summed E-state index contributed by atoms with van der Waals surface area (Å²) in [6, 6.07) is 4.29. The lowest BCUT2D eigenvalue weighted by molar-refractivity contribution is 0.134. The number of benzene rings is 1. The molecule has 1 fully saturated rings. The summed E-state index contributed by atoms with van der Waals surface area (Å²) >= 11 is 0. The van der Waals surface area contributed by atoms with Crippen LogP contribution in [0.3, 0.4) is 0 Å². The van der Waals surface area contributed by atoms with Crippen molar-refractivity contribution in [3.8, 4) is 22.8 Å². The Morgan fingerprint density at radius 3 is 2.86 bits per heavy atom. The van der Waals surface area contributed by atoms with Gasteiger partial charge in [0.05, 0.1) is 6.33 Å². The minimum Gasteiger partial charge on any atom is -0.504 e. The second kappa shape index (κ2) is 6.42. The predicted molar refractivity (Wildman–Crippen MR) is 111 cm³/mol. The molecule has 5 rings (SSSR count). The zero-order valence-corrected chi connectivity index (χ0v) is 17.4. The highest BCUT2D eigenvalue weighted by Gasteiger charge is 2.33. The van der Waals surface area contributed by atoms with Crippen molar-refractivity contribution in [3.05, 3.63) is 29.6 Å². The Morgan fingerprint density at radius 1 is 1.24 bits per heavy atom. The molecule has 29 heavy (non-hydrogen) atoms. The molecular formula is C22H27N5O2. The van der Waals surface area contributed by atoms with Crippen molar-refractivity contribution in [1.82, 2.24) is 24.6 Å². The van der Waals surface area contributed by atoms with E-state index in [2.05, 4.69) is 31.7 Å². The maximum atomic E-state index is 10.9. The Labute approximate surface area is 170 Å². The van der Waals surface area contributed by atoms with Crippen LogP contribution in [-0.4, -0.2) is 55.5 Å². The fraction of sp³-hybridized carbons (Fsp3) is 0.500. The molecule has 0 amide bonds. The highest BCUT2D eigenvalue weighted by atomic mass is 16.5. The third-order valence-electron chi connectivity index (χ3n) is 6.18. The van der Waals surface area contributed by atoms with Gasteiger partial charge < -0.3 is 19.3 Å². The molecule has 0 radical (unpaired) electrons. The number of aromatic nitrogens is 4. The molecule has 4 heterocycles. The molecule has 0 spiro atoms. The van der Waals surface area contributed by atoms with Gasteiger partial charge >= 0.3 is 0 Å². The first kappa shape index (κ1) is 18.4. The molecule has 0 saturated carbocycles. The minimum atomic E-state index is -0.310. The number of phenolic OH excluding ortho intramolecular Hbond substituents is 1. The number of likely N-dealkylation sites (tertiary alicyclic amines) is 1. The first-order chi connectivity index (χ1) is 13.8. The molecule has 0 bridgehead atoms. The molecule has 7 heteroatoms. The Hall–Kier alpha value is -2.67. The topological polar surface area (TPSA) is 76.3 Å². The molecule has 2 aliphatic rings. The third kappa shape index (κ3) is 2.95. The van der Waals surface area contributed by atoms with Crippen LogP contribution in [0.1, 0.15) is 43.9 Å². The quantitative estimate of drug-likeness (QED) is 0.718. The molecule has 1 atom stereocenters. The Bertz CT molecular complexity index is 1100. The van der Waals surface area contributed by atoms with Crippen LogP contribution in [0.4, 0.5) is 0 Å². The molecule has 0 aliphatic carbocycles. The summed E-state index contributed by atoms with van der Waals surface area (Å²) in [6.45, 7) is 8.17. The minimum absolute atomic E-state index is 0.137. The van der Waals surface area contributed by atoms with Crippen molar-refractivity contribution in [1.29, 1.82) is 0 Å². The average Bonchev–Trinajstić information content (AvgIpc) is 3.24. The van der Waals surface area contributed by atoms with Crippen molar-refractivity contribution in [2.24, 2.45) is 0 Å². The van der Waals surface area contributed by atoms with Crippen LogP contribution in [-0.2, 0) is 6.42 Å². The van der Waals surface area contributed by atoms with Gasteiger partial charge in [0.1, 0.15) is 16.8 Å². The number of hydrogen-bond donors (Lipinski definition) is 1. The predicted octanol–water partition coefficient (Wildman–Crippen LogP) is 3.49. The summed E-state index contributed by atoms with van der Waals surface area (Å²) in [6.07, 6.45) is 4.95. The van der Waals surface area contributed by atoms with Crippen molar-refractivity contribution >= 4 is 11.2 Å². The summed E-state index contributed by atoms with van der Waals surface area (Å²) < 4.78 is 8.14. The third-order valence-corrected chi connectivity index (χ3v) is 6.18. The van der Waals surface area contributed by atoms with E-state index in [1.54, 1.807) is 0 Å². The van der Waals surface area contributed by atoms with E-state index in [9.17, 15) is 5.11 Å². The zero-order chi connectivity index (χ0) is 20.3. The van der Waals surface area contributed by atoms with Crippen LogP contribution in [0, 0.1) is 6.92 Å². The van der Waals surface area contributed by atoms with Crippen LogP contribution >= 0.6 is 0 Å². The lowest BCUT2D eigenvalue weighted by atomic mass is 9.98. The average molecular weight is 393 g/mol. The van der Waals surface area contributed by atoms with Gasteiger partial charge in [-0.15, -0.1) is 10.2 Å². The number of phenols is 1. The van der Waals surface area contributed by atoms with Crippen LogP contribution in [0.5, 0.6) is 11.5 Å². The molecule has 2 aromatic heterocycles. The van der Waals surface area contributed by atoms with Gasteiger partial charge in [0, 0.05) is 35.7 Å². The number of hydrogen-bond acceptors (Lipinski definition) is 6. The number of ether oxygens (including phenoxy) is 1. The Morgan fingerprint density at radius 2 is 2.07 bits per heavy atom. The Kier molecular flexibility index (Phi) is 4.07. The van der Waals surface area contributed by atoms with Gasteiger partial charge in [-0.1, -0.05) is 6.07 Å². The van der Waals surface area contributed by atoms with E-state index >= 15 is 0 Å². The summed E-state index contributed by atoms with van der Waals surface area (Å²) in [5.74, 6) is 0.697. The molecule has 1 saturated heterocycles. The maximum absolute atomic E-state index is 10.9. The fourth-order valence-corrected chi connectivity index (χ4v) is 4.72. The van der Waals surface area contributed by atoms with Crippen LogP contribution in [0.25, 0.3) is 22.4 Å². The van der Waals surface area contributed by atoms with Crippen molar-refractivity contribution in [2.45, 2.75) is 51.7 Å². The molecule has 0 unspecified atom stereocenters. The molecule has 1 N–H and O–H groups in total. The number of rotatable bonds is 2. The van der Waals surface area contributed by atoms with E-state index in [1.807, 2.05) is 39.2 Å².